The maximum atomic E-state index is 10.2. The Morgan fingerprint density at radius 1 is 1.50 bits per heavy atom. The largest absolute Gasteiger partial charge is 0.384 e. The lowest BCUT2D eigenvalue weighted by Gasteiger charge is -2.30. The summed E-state index contributed by atoms with van der Waals surface area (Å²) in [6.45, 7) is 1.84. The fourth-order valence-electron chi connectivity index (χ4n) is 2.04. The molecule has 2 rings (SSSR count). The molecule has 0 saturated heterocycles. The van der Waals surface area contributed by atoms with E-state index in [1.54, 1.807) is 0 Å². The quantitative estimate of drug-likeness (QED) is 0.711. The molecule has 0 unspecified atom stereocenters. The minimum Gasteiger partial charge on any atom is -0.384 e. The second kappa shape index (κ2) is 3.24. The molecule has 0 fully saturated rings. The molecule has 2 N–H and O–H groups in total. The first-order valence-electron chi connectivity index (χ1n) is 5.04. The Balaban J connectivity index is 2.49. The maximum Gasteiger partial charge on any atom is 0.126 e. The summed E-state index contributed by atoms with van der Waals surface area (Å²) in [4.78, 5) is 4.42. The van der Waals surface area contributed by atoms with Gasteiger partial charge in [0.2, 0.25) is 0 Å². The molecule has 0 aliphatic heterocycles. The van der Waals surface area contributed by atoms with Crippen LogP contribution in [0.15, 0.2) is 12.1 Å². The van der Waals surface area contributed by atoms with Gasteiger partial charge in [-0.1, -0.05) is 6.07 Å². The number of aliphatic hydroxyl groups is 1. The van der Waals surface area contributed by atoms with Crippen molar-refractivity contribution in [1.82, 2.24) is 4.98 Å². The number of hydrogen-bond acceptors (Lipinski definition) is 3. The molecule has 3 nitrogen and oxygen atoms in total. The zero-order chi connectivity index (χ0) is 10.2. The first kappa shape index (κ1) is 9.46. The van der Waals surface area contributed by atoms with Gasteiger partial charge in [0, 0.05) is 7.05 Å². The van der Waals surface area contributed by atoms with Crippen molar-refractivity contribution in [3.8, 4) is 0 Å². The number of anilines is 1. The molecule has 76 valence electrons. The van der Waals surface area contributed by atoms with Gasteiger partial charge in [-0.3, -0.25) is 0 Å². The molecule has 1 aromatic rings. The highest BCUT2D eigenvalue weighted by Crippen LogP contribution is 2.33. The molecule has 0 amide bonds. The van der Waals surface area contributed by atoms with E-state index in [1.807, 2.05) is 20.0 Å². The second-order valence-corrected chi connectivity index (χ2v) is 4.08. The molecule has 1 atom stereocenters. The van der Waals surface area contributed by atoms with E-state index in [-0.39, 0.29) is 0 Å². The predicted molar refractivity (Wildman–Crippen MR) is 56.3 cm³/mol. The standard InChI is InChI=1S/C11H16N2O/c1-11(14)7-3-4-8-5-6-9(12-2)13-10(8)11/h5-6,14H,3-4,7H2,1-2H3,(H,12,13)/t11-/m1/s1. The van der Waals surface area contributed by atoms with Crippen molar-refractivity contribution in [2.75, 3.05) is 12.4 Å². The Morgan fingerprint density at radius 3 is 3.00 bits per heavy atom. The fraction of sp³-hybridized carbons (Fsp3) is 0.545. The van der Waals surface area contributed by atoms with Crippen LogP contribution in [0.5, 0.6) is 0 Å². The zero-order valence-corrected chi connectivity index (χ0v) is 8.67. The number of aryl methyl sites for hydroxylation is 1. The number of nitrogens with zero attached hydrogens (tertiary/aromatic N) is 1. The molecule has 0 bridgehead atoms. The van der Waals surface area contributed by atoms with Crippen LogP contribution in [0.25, 0.3) is 0 Å². The van der Waals surface area contributed by atoms with Crippen molar-refractivity contribution >= 4 is 5.82 Å². The first-order valence-corrected chi connectivity index (χ1v) is 5.04. The molecule has 1 aliphatic carbocycles. The molecule has 0 radical (unpaired) electrons. The predicted octanol–water partition coefficient (Wildman–Crippen LogP) is 1.67. The van der Waals surface area contributed by atoms with Crippen molar-refractivity contribution in [2.24, 2.45) is 0 Å². The van der Waals surface area contributed by atoms with Crippen LogP contribution in [0.1, 0.15) is 31.0 Å². The molecule has 1 heterocycles. The molecule has 3 heteroatoms. The van der Waals surface area contributed by atoms with E-state index in [0.29, 0.717) is 0 Å². The molecule has 1 aliphatic rings. The Labute approximate surface area is 84.2 Å². The number of rotatable bonds is 1. The summed E-state index contributed by atoms with van der Waals surface area (Å²) in [5, 5.41) is 13.1. The van der Waals surface area contributed by atoms with Gasteiger partial charge >= 0.3 is 0 Å². The van der Waals surface area contributed by atoms with Crippen LogP contribution < -0.4 is 5.32 Å². The van der Waals surface area contributed by atoms with E-state index in [0.717, 1.165) is 30.8 Å². The van der Waals surface area contributed by atoms with Gasteiger partial charge in [-0.2, -0.15) is 0 Å². The van der Waals surface area contributed by atoms with E-state index in [9.17, 15) is 5.11 Å². The smallest absolute Gasteiger partial charge is 0.126 e. The normalized spacial score (nSPS) is 25.6. The van der Waals surface area contributed by atoms with Crippen LogP contribution in [0.2, 0.25) is 0 Å². The third-order valence-electron chi connectivity index (χ3n) is 2.85. The van der Waals surface area contributed by atoms with Crippen LogP contribution in [0.4, 0.5) is 5.82 Å². The Hall–Kier alpha value is -1.09. The third-order valence-corrected chi connectivity index (χ3v) is 2.85. The van der Waals surface area contributed by atoms with E-state index in [4.69, 9.17) is 0 Å². The number of nitrogens with one attached hydrogen (secondary N) is 1. The second-order valence-electron chi connectivity index (χ2n) is 4.08. The van der Waals surface area contributed by atoms with Gasteiger partial charge in [0.15, 0.2) is 0 Å². The lowest BCUT2D eigenvalue weighted by molar-refractivity contribution is 0.0341. The van der Waals surface area contributed by atoms with Gasteiger partial charge in [-0.25, -0.2) is 4.98 Å². The summed E-state index contributed by atoms with van der Waals surface area (Å²) in [6, 6.07) is 4.02. The van der Waals surface area contributed by atoms with E-state index in [2.05, 4.69) is 16.4 Å². The summed E-state index contributed by atoms with van der Waals surface area (Å²) in [5.74, 6) is 0.825. The SMILES string of the molecule is CNc1ccc2c(n1)[C@](C)(O)CCC2. The molecule has 0 spiro atoms. The average molecular weight is 192 g/mol. The van der Waals surface area contributed by atoms with Crippen LogP contribution in [-0.4, -0.2) is 17.1 Å². The van der Waals surface area contributed by atoms with Gasteiger partial charge < -0.3 is 10.4 Å². The Bertz CT molecular complexity index is 347. The lowest BCUT2D eigenvalue weighted by Crippen LogP contribution is -2.28. The van der Waals surface area contributed by atoms with E-state index >= 15 is 0 Å². The summed E-state index contributed by atoms with van der Waals surface area (Å²) >= 11 is 0. The summed E-state index contributed by atoms with van der Waals surface area (Å²) in [6.07, 6.45) is 2.88. The number of fused-ring (bicyclic) bond motifs is 1. The van der Waals surface area contributed by atoms with Crippen molar-refractivity contribution in [3.05, 3.63) is 23.4 Å². The topological polar surface area (TPSA) is 45.2 Å². The van der Waals surface area contributed by atoms with Crippen molar-refractivity contribution in [2.45, 2.75) is 31.8 Å². The first-order chi connectivity index (χ1) is 6.63. The van der Waals surface area contributed by atoms with Gasteiger partial charge in [0.05, 0.1) is 5.69 Å². The van der Waals surface area contributed by atoms with Crippen LogP contribution in [-0.2, 0) is 12.0 Å². The number of pyridine rings is 1. The summed E-state index contributed by atoms with van der Waals surface area (Å²) in [7, 11) is 1.84. The molecule has 1 aromatic heterocycles. The van der Waals surface area contributed by atoms with E-state index < -0.39 is 5.60 Å². The average Bonchev–Trinajstić information content (AvgIpc) is 2.17. The number of aromatic nitrogens is 1. The Morgan fingerprint density at radius 2 is 2.29 bits per heavy atom. The van der Waals surface area contributed by atoms with E-state index in [1.165, 1.54) is 5.56 Å². The summed E-state index contributed by atoms with van der Waals surface area (Å²) in [5.41, 5.74) is 1.27. The van der Waals surface area contributed by atoms with Crippen molar-refractivity contribution < 1.29 is 5.11 Å². The minimum absolute atomic E-state index is 0.750. The minimum atomic E-state index is -0.750. The zero-order valence-electron chi connectivity index (χ0n) is 8.67. The highest BCUT2D eigenvalue weighted by atomic mass is 16.3. The van der Waals surface area contributed by atoms with Gasteiger partial charge in [0.25, 0.3) is 0 Å². The van der Waals surface area contributed by atoms with Gasteiger partial charge in [-0.05, 0) is 37.8 Å². The van der Waals surface area contributed by atoms with Crippen LogP contribution in [0, 0.1) is 0 Å². The molecular weight excluding hydrogens is 176 g/mol. The van der Waals surface area contributed by atoms with Gasteiger partial charge in [-0.15, -0.1) is 0 Å². The molecule has 0 aromatic carbocycles. The maximum absolute atomic E-state index is 10.2. The van der Waals surface area contributed by atoms with Crippen LogP contribution >= 0.6 is 0 Å². The Kier molecular flexibility index (Phi) is 2.19. The third kappa shape index (κ3) is 1.48. The highest BCUT2D eigenvalue weighted by molar-refractivity contribution is 5.40. The fourth-order valence-corrected chi connectivity index (χ4v) is 2.04. The summed E-state index contributed by atoms with van der Waals surface area (Å²) < 4.78 is 0. The highest BCUT2D eigenvalue weighted by Gasteiger charge is 2.31. The lowest BCUT2D eigenvalue weighted by atomic mass is 9.84. The molecule has 14 heavy (non-hydrogen) atoms. The van der Waals surface area contributed by atoms with Crippen molar-refractivity contribution in [3.63, 3.8) is 0 Å². The molecular formula is C11H16N2O. The molecule has 0 saturated carbocycles. The van der Waals surface area contributed by atoms with Crippen LogP contribution in [0.3, 0.4) is 0 Å². The van der Waals surface area contributed by atoms with Crippen molar-refractivity contribution in [1.29, 1.82) is 0 Å². The monoisotopic (exact) mass is 192 g/mol. The van der Waals surface area contributed by atoms with Gasteiger partial charge in [0.1, 0.15) is 11.4 Å². The number of hydrogen-bond donors (Lipinski definition) is 2.